The quantitative estimate of drug-likeness (QED) is 0.225. The van der Waals surface area contributed by atoms with Crippen LogP contribution in [-0.4, -0.2) is 58.7 Å². The molecule has 0 atom stereocenters. The average Bonchev–Trinajstić information content (AvgIpc) is 2.86. The van der Waals surface area contributed by atoms with Crippen molar-refractivity contribution in [2.75, 3.05) is 26.9 Å². The van der Waals surface area contributed by atoms with E-state index in [-0.39, 0.29) is 11.6 Å². The third-order valence-corrected chi connectivity index (χ3v) is 3.87. The van der Waals surface area contributed by atoms with Gasteiger partial charge in [0.15, 0.2) is 0 Å². The summed E-state index contributed by atoms with van der Waals surface area (Å²) in [4.78, 5) is 30.3. The monoisotopic (exact) mass is 350 g/mol. The molecule has 9 heteroatoms. The number of imide groups is 1. The van der Waals surface area contributed by atoms with Crippen LogP contribution >= 0.6 is 0 Å². The van der Waals surface area contributed by atoms with E-state index in [0.717, 1.165) is 30.6 Å². The fourth-order valence-corrected chi connectivity index (χ4v) is 2.44. The summed E-state index contributed by atoms with van der Waals surface area (Å²) in [7, 11) is 1.56. The van der Waals surface area contributed by atoms with Crippen LogP contribution in [0.3, 0.4) is 0 Å². The molecule has 1 heterocycles. The third-order valence-electron chi connectivity index (χ3n) is 3.87. The summed E-state index contributed by atoms with van der Waals surface area (Å²) in [5.41, 5.74) is 0.630. The smallest absolute Gasteiger partial charge is 0.264 e. The molecule has 1 aliphatic rings. The molecule has 0 fully saturated rings. The van der Waals surface area contributed by atoms with E-state index in [0.29, 0.717) is 17.7 Å². The van der Waals surface area contributed by atoms with Gasteiger partial charge in [-0.3, -0.25) is 9.59 Å². The van der Waals surface area contributed by atoms with Crippen molar-refractivity contribution in [1.29, 1.82) is 0 Å². The third kappa shape index (κ3) is 4.66. The zero-order valence-electron chi connectivity index (χ0n) is 14.1. The average molecular weight is 350 g/mol. The van der Waals surface area contributed by atoms with E-state index in [1.165, 1.54) is 5.01 Å². The summed E-state index contributed by atoms with van der Waals surface area (Å²) in [5.74, 6) is -0.934. The van der Waals surface area contributed by atoms with Gasteiger partial charge < -0.3 is 15.2 Å². The number of nitrogens with zero attached hydrogens (tertiary/aromatic N) is 4. The molecule has 0 saturated carbocycles. The zero-order chi connectivity index (χ0) is 18.2. The molecule has 2 amide bonds. The minimum Gasteiger partial charge on any atom is -0.569 e. The number of hydrazine groups is 1. The number of rotatable bonds is 10. The van der Waals surface area contributed by atoms with E-state index in [9.17, 15) is 14.8 Å². The topological polar surface area (TPSA) is 109 Å². The molecule has 25 heavy (non-hydrogen) atoms. The lowest BCUT2D eigenvalue weighted by atomic mass is 10.1. The van der Waals surface area contributed by atoms with E-state index in [1.807, 2.05) is 0 Å². The number of unbranched alkanes of at least 4 members (excludes halogenated alkanes) is 3. The number of fused-ring (bicyclic) bond motifs is 1. The van der Waals surface area contributed by atoms with Crippen LogP contribution in [0.5, 0.6) is 0 Å². The van der Waals surface area contributed by atoms with Gasteiger partial charge in [0.05, 0.1) is 29.7 Å². The zero-order valence-corrected chi connectivity index (χ0v) is 14.1. The highest BCUT2D eigenvalue weighted by molar-refractivity contribution is 6.21. The van der Waals surface area contributed by atoms with Gasteiger partial charge in [0, 0.05) is 6.61 Å². The molecule has 0 unspecified atom stereocenters. The van der Waals surface area contributed by atoms with Gasteiger partial charge in [-0.25, -0.2) is 4.90 Å². The van der Waals surface area contributed by atoms with Crippen molar-refractivity contribution in [1.82, 2.24) is 9.91 Å². The number of amides is 2. The molecule has 0 aromatic heterocycles. The Balaban J connectivity index is 1.79. The molecule has 1 N–H and O–H groups in total. The van der Waals surface area contributed by atoms with Crippen molar-refractivity contribution in [3.63, 3.8) is 0 Å². The van der Waals surface area contributed by atoms with E-state index in [4.69, 9.17) is 9.94 Å². The Morgan fingerprint density at radius 2 is 1.76 bits per heavy atom. The van der Waals surface area contributed by atoms with Crippen molar-refractivity contribution < 1.29 is 24.5 Å². The molecule has 0 aliphatic carbocycles. The summed E-state index contributed by atoms with van der Waals surface area (Å²) in [6.07, 6.45) is 3.33. The predicted molar refractivity (Wildman–Crippen MR) is 87.1 cm³/mol. The van der Waals surface area contributed by atoms with Crippen LogP contribution in [0.2, 0.25) is 0 Å². The molecule has 0 spiro atoms. The van der Waals surface area contributed by atoms with Gasteiger partial charge in [-0.15, -0.1) is 5.01 Å². The molecule has 1 aromatic carbocycles. The second-order valence-electron chi connectivity index (χ2n) is 5.70. The van der Waals surface area contributed by atoms with Crippen LogP contribution in [0.1, 0.15) is 46.4 Å². The maximum Gasteiger partial charge on any atom is 0.264 e. The van der Waals surface area contributed by atoms with Crippen LogP contribution in [0, 0.1) is 5.21 Å². The van der Waals surface area contributed by atoms with Crippen LogP contribution in [-0.2, 0) is 4.84 Å². The van der Waals surface area contributed by atoms with Crippen LogP contribution in [0.4, 0.5) is 0 Å². The van der Waals surface area contributed by atoms with E-state index < -0.39 is 18.5 Å². The predicted octanol–water partition coefficient (Wildman–Crippen LogP) is 1.53. The standard InChI is InChI=1S/C16H22N4O5/c1-18(10-6-2-3-7-11-21)20(24)17-25-12-19-15(22)13-8-4-5-9-14(13)16(19)23/h4-5,8-9,21H,2-3,6-7,10-12H2,1H3/b20-17+. The van der Waals surface area contributed by atoms with E-state index >= 15 is 0 Å². The maximum atomic E-state index is 12.1. The highest BCUT2D eigenvalue weighted by Gasteiger charge is 2.35. The normalized spacial score (nSPS) is 14.0. The van der Waals surface area contributed by atoms with Crippen molar-refractivity contribution in [2.45, 2.75) is 25.7 Å². The molecule has 1 aromatic rings. The molecule has 1 aliphatic heterocycles. The van der Waals surface area contributed by atoms with Gasteiger partial charge in [0.2, 0.25) is 12.0 Å². The molecule has 0 saturated heterocycles. The molecule has 0 bridgehead atoms. The first-order valence-corrected chi connectivity index (χ1v) is 8.13. The number of aliphatic hydroxyl groups excluding tert-OH is 1. The number of carbonyl (C=O) groups excluding carboxylic acids is 2. The first kappa shape index (κ1) is 18.7. The summed E-state index contributed by atoms with van der Waals surface area (Å²) in [5, 5.41) is 25.1. The molecule has 136 valence electrons. The number of hydrogen-bond acceptors (Lipinski definition) is 6. The number of aliphatic hydroxyl groups is 1. The Morgan fingerprint density at radius 3 is 2.36 bits per heavy atom. The Morgan fingerprint density at radius 1 is 1.16 bits per heavy atom. The fourth-order valence-electron chi connectivity index (χ4n) is 2.44. The summed E-state index contributed by atoms with van der Waals surface area (Å²) in [6.45, 7) is 0.231. The van der Waals surface area contributed by atoms with Gasteiger partial charge in [0.1, 0.15) is 0 Å². The summed E-state index contributed by atoms with van der Waals surface area (Å²) in [6, 6.07) is 6.48. The number of hydrogen-bond donors (Lipinski definition) is 1. The molecule has 9 nitrogen and oxygen atoms in total. The Bertz CT molecular complexity index is 614. The fraction of sp³-hybridized carbons (Fsp3) is 0.500. The lowest BCUT2D eigenvalue weighted by Gasteiger charge is -2.14. The number of benzene rings is 1. The van der Waals surface area contributed by atoms with Gasteiger partial charge in [-0.1, -0.05) is 25.0 Å². The van der Waals surface area contributed by atoms with Crippen molar-refractivity contribution >= 4 is 11.8 Å². The van der Waals surface area contributed by atoms with Crippen LogP contribution in [0.15, 0.2) is 29.5 Å². The Hall–Kier alpha value is -2.68. The molecule has 0 radical (unpaired) electrons. The first-order chi connectivity index (χ1) is 12.1. The first-order valence-electron chi connectivity index (χ1n) is 8.13. The lowest BCUT2D eigenvalue weighted by Crippen LogP contribution is -2.32. The maximum absolute atomic E-state index is 12.1. The summed E-state index contributed by atoms with van der Waals surface area (Å²) < 4.78 is 0. The van der Waals surface area contributed by atoms with Gasteiger partial charge in [-0.2, -0.15) is 0 Å². The minimum atomic E-state index is -0.467. The second kappa shape index (κ2) is 8.97. The number of carbonyl (C=O) groups is 2. The van der Waals surface area contributed by atoms with Crippen molar-refractivity contribution in [3.05, 3.63) is 40.6 Å². The van der Waals surface area contributed by atoms with Gasteiger partial charge in [-0.05, 0) is 25.0 Å². The Kier molecular flexibility index (Phi) is 6.70. The molecular weight excluding hydrogens is 328 g/mol. The van der Waals surface area contributed by atoms with E-state index in [2.05, 4.69) is 5.28 Å². The van der Waals surface area contributed by atoms with Crippen LogP contribution < -0.4 is 0 Å². The van der Waals surface area contributed by atoms with Gasteiger partial charge in [0.25, 0.3) is 11.8 Å². The lowest BCUT2D eigenvalue weighted by molar-refractivity contribution is -0.705. The van der Waals surface area contributed by atoms with E-state index in [1.54, 1.807) is 31.3 Å². The van der Waals surface area contributed by atoms with Gasteiger partial charge >= 0.3 is 0 Å². The van der Waals surface area contributed by atoms with Crippen molar-refractivity contribution in [3.8, 4) is 0 Å². The SMILES string of the molecule is CN(CCCCCCO)/[N+]([O-])=N\OCN1C(=O)c2ccccc2C1=O. The summed E-state index contributed by atoms with van der Waals surface area (Å²) >= 11 is 0. The largest absolute Gasteiger partial charge is 0.569 e. The highest BCUT2D eigenvalue weighted by Crippen LogP contribution is 2.22. The Labute approximate surface area is 145 Å². The highest BCUT2D eigenvalue weighted by atomic mass is 16.7. The molecular formula is C16H22N4O5. The molecule has 2 rings (SSSR count). The minimum absolute atomic E-state index is 0.171. The second-order valence-corrected chi connectivity index (χ2v) is 5.70. The van der Waals surface area contributed by atoms with Crippen LogP contribution in [0.25, 0.3) is 0 Å². The van der Waals surface area contributed by atoms with Crippen molar-refractivity contribution in [2.24, 2.45) is 5.28 Å².